The number of aromatic nitrogens is 2. The largest absolute Gasteiger partial charge is 0.341 e. The van der Waals surface area contributed by atoms with Gasteiger partial charge in [-0.15, -0.1) is 11.3 Å². The summed E-state index contributed by atoms with van der Waals surface area (Å²) in [6.07, 6.45) is 4.80. The molecule has 2 N–H and O–H groups in total. The average Bonchev–Trinajstić information content (AvgIpc) is 3.08. The van der Waals surface area contributed by atoms with Gasteiger partial charge in [-0.05, 0) is 37.8 Å². The van der Waals surface area contributed by atoms with Crippen LogP contribution in [0.1, 0.15) is 35.5 Å². The van der Waals surface area contributed by atoms with Crippen molar-refractivity contribution >= 4 is 39.2 Å². The van der Waals surface area contributed by atoms with Crippen LogP contribution >= 0.6 is 23.1 Å². The molecule has 0 unspecified atom stereocenters. The maximum Gasteiger partial charge on any atom is 0.259 e. The number of H-pyrrole nitrogens is 1. The van der Waals surface area contributed by atoms with Crippen molar-refractivity contribution in [2.45, 2.75) is 37.9 Å². The van der Waals surface area contributed by atoms with Crippen molar-refractivity contribution in [3.63, 3.8) is 0 Å². The van der Waals surface area contributed by atoms with Crippen LogP contribution < -0.4 is 10.9 Å². The number of thiophene rings is 1. The third kappa shape index (κ3) is 3.82. The number of carbonyl (C=O) groups is 1. The second-order valence-electron chi connectivity index (χ2n) is 6.84. The van der Waals surface area contributed by atoms with Gasteiger partial charge >= 0.3 is 0 Å². The van der Waals surface area contributed by atoms with E-state index in [1.54, 1.807) is 23.1 Å². The third-order valence-corrected chi connectivity index (χ3v) is 7.17. The maximum absolute atomic E-state index is 12.4. The average molecular weight is 393 g/mol. The summed E-state index contributed by atoms with van der Waals surface area (Å²) >= 11 is 3.33. The Hall–Kier alpha value is -1.38. The number of carbonyl (C=O) groups excluding carboxylic acids is 1. The van der Waals surface area contributed by atoms with Gasteiger partial charge in [-0.25, -0.2) is 4.98 Å². The quantitative estimate of drug-likeness (QED) is 0.760. The number of aryl methyl sites for hydroxylation is 2. The lowest BCUT2D eigenvalue weighted by molar-refractivity contribution is -0.130. The Morgan fingerprint density at radius 1 is 1.23 bits per heavy atom. The molecular weight excluding hydrogens is 368 g/mol. The number of nitrogens with zero attached hydrogens (tertiary/aromatic N) is 2. The highest BCUT2D eigenvalue weighted by Crippen LogP contribution is 2.34. The summed E-state index contributed by atoms with van der Waals surface area (Å²) in [7, 11) is 0. The van der Waals surface area contributed by atoms with Crippen molar-refractivity contribution in [1.82, 2.24) is 20.2 Å². The van der Waals surface area contributed by atoms with Crippen molar-refractivity contribution in [1.29, 1.82) is 0 Å². The van der Waals surface area contributed by atoms with Gasteiger partial charge in [-0.2, -0.15) is 11.8 Å². The first kappa shape index (κ1) is 18.0. The topological polar surface area (TPSA) is 78.1 Å². The van der Waals surface area contributed by atoms with Crippen molar-refractivity contribution in [2.24, 2.45) is 0 Å². The van der Waals surface area contributed by atoms with Crippen LogP contribution in [0.4, 0.5) is 0 Å². The molecule has 26 heavy (non-hydrogen) atoms. The molecule has 2 aliphatic rings. The van der Waals surface area contributed by atoms with E-state index >= 15 is 0 Å². The molecule has 0 radical (unpaired) electrons. The zero-order valence-electron chi connectivity index (χ0n) is 14.8. The van der Waals surface area contributed by atoms with Gasteiger partial charge in [0.2, 0.25) is 5.91 Å². The highest BCUT2D eigenvalue weighted by atomic mass is 32.2. The van der Waals surface area contributed by atoms with Crippen molar-refractivity contribution in [2.75, 3.05) is 31.9 Å². The Bertz CT molecular complexity index is 853. The fraction of sp³-hybridized carbons (Fsp3) is 0.611. The SMILES string of the molecule is O=C(CCSCc1nc2sc3c(c2c(=O)[nH]1)CCC3)N1CCCNCC1. The Labute approximate surface area is 160 Å². The van der Waals surface area contributed by atoms with E-state index in [0.29, 0.717) is 12.2 Å². The Morgan fingerprint density at radius 3 is 3.08 bits per heavy atom. The van der Waals surface area contributed by atoms with E-state index in [1.807, 2.05) is 4.90 Å². The number of amides is 1. The first-order chi connectivity index (χ1) is 12.7. The lowest BCUT2D eigenvalue weighted by Gasteiger charge is -2.19. The van der Waals surface area contributed by atoms with Gasteiger partial charge in [0.25, 0.3) is 5.56 Å². The fourth-order valence-corrected chi connectivity index (χ4v) is 5.77. The lowest BCUT2D eigenvalue weighted by atomic mass is 10.2. The number of hydrogen-bond acceptors (Lipinski definition) is 6. The highest BCUT2D eigenvalue weighted by molar-refractivity contribution is 7.98. The predicted octanol–water partition coefficient (Wildman–Crippen LogP) is 1.92. The molecule has 2 aromatic rings. The number of hydrogen-bond donors (Lipinski definition) is 2. The van der Waals surface area contributed by atoms with Crippen LogP contribution in [0, 0.1) is 0 Å². The molecule has 1 aliphatic heterocycles. The maximum atomic E-state index is 12.4. The predicted molar refractivity (Wildman–Crippen MR) is 107 cm³/mol. The molecule has 0 saturated carbocycles. The monoisotopic (exact) mass is 392 g/mol. The highest BCUT2D eigenvalue weighted by Gasteiger charge is 2.21. The molecule has 1 saturated heterocycles. The van der Waals surface area contributed by atoms with Gasteiger partial charge in [-0.3, -0.25) is 9.59 Å². The van der Waals surface area contributed by atoms with Gasteiger partial charge in [0.1, 0.15) is 10.7 Å². The Balaban J connectivity index is 1.32. The molecular formula is C18H24N4O2S2. The fourth-order valence-electron chi connectivity index (χ4n) is 3.70. The van der Waals surface area contributed by atoms with E-state index in [2.05, 4.69) is 15.3 Å². The number of thioether (sulfide) groups is 1. The standard InChI is InChI=1S/C18H24N4O2S2/c23-15(22-8-2-6-19-7-9-22)5-10-25-11-14-20-17(24)16-12-3-1-4-13(12)26-18(16)21-14/h19H,1-11H2,(H,20,21,24). The molecule has 0 aromatic carbocycles. The van der Waals surface area contributed by atoms with E-state index in [1.165, 1.54) is 10.4 Å². The molecule has 0 spiro atoms. The van der Waals surface area contributed by atoms with Crippen LogP contribution in [-0.4, -0.2) is 52.7 Å². The lowest BCUT2D eigenvalue weighted by Crippen LogP contribution is -2.34. The Morgan fingerprint density at radius 2 is 2.15 bits per heavy atom. The van der Waals surface area contributed by atoms with E-state index in [9.17, 15) is 9.59 Å². The molecule has 6 nitrogen and oxygen atoms in total. The van der Waals surface area contributed by atoms with Crippen molar-refractivity contribution < 1.29 is 4.79 Å². The van der Waals surface area contributed by atoms with Crippen LogP contribution in [0.15, 0.2) is 4.79 Å². The number of fused-ring (bicyclic) bond motifs is 3. The van der Waals surface area contributed by atoms with E-state index in [4.69, 9.17) is 0 Å². The second-order valence-corrected chi connectivity index (χ2v) is 9.03. The summed E-state index contributed by atoms with van der Waals surface area (Å²) in [4.78, 5) is 36.5. The smallest absolute Gasteiger partial charge is 0.259 e. The van der Waals surface area contributed by atoms with E-state index in [0.717, 1.165) is 73.7 Å². The molecule has 8 heteroatoms. The molecule has 1 fully saturated rings. The Kier molecular flexibility index (Phi) is 5.61. The molecule has 140 valence electrons. The first-order valence-corrected chi connectivity index (χ1v) is 11.3. The molecule has 4 rings (SSSR count). The van der Waals surface area contributed by atoms with Crippen LogP contribution in [-0.2, 0) is 23.4 Å². The summed E-state index contributed by atoms with van der Waals surface area (Å²) in [5.41, 5.74) is 1.22. The molecule has 0 bridgehead atoms. The minimum atomic E-state index is -0.00172. The first-order valence-electron chi connectivity index (χ1n) is 9.32. The summed E-state index contributed by atoms with van der Waals surface area (Å²) in [6.45, 7) is 3.53. The molecule has 3 heterocycles. The molecule has 1 aliphatic carbocycles. The number of rotatable bonds is 5. The van der Waals surface area contributed by atoms with Gasteiger partial charge < -0.3 is 15.2 Å². The minimum Gasteiger partial charge on any atom is -0.341 e. The van der Waals surface area contributed by atoms with Gasteiger partial charge in [0, 0.05) is 36.7 Å². The summed E-state index contributed by atoms with van der Waals surface area (Å²) in [5.74, 6) is 2.35. The molecule has 1 amide bonds. The van der Waals surface area contributed by atoms with Gasteiger partial charge in [-0.1, -0.05) is 0 Å². The summed E-state index contributed by atoms with van der Waals surface area (Å²) in [6, 6.07) is 0. The van der Waals surface area contributed by atoms with E-state index < -0.39 is 0 Å². The van der Waals surface area contributed by atoms with Crippen molar-refractivity contribution in [3.05, 3.63) is 26.6 Å². The van der Waals surface area contributed by atoms with Crippen LogP contribution in [0.2, 0.25) is 0 Å². The minimum absolute atomic E-state index is 0.00172. The normalized spacial score (nSPS) is 17.5. The number of aromatic amines is 1. The number of nitrogens with one attached hydrogen (secondary N) is 2. The zero-order chi connectivity index (χ0) is 17.9. The second kappa shape index (κ2) is 8.10. The third-order valence-electron chi connectivity index (χ3n) is 5.02. The molecule has 0 atom stereocenters. The van der Waals surface area contributed by atoms with Gasteiger partial charge in [0.05, 0.1) is 11.1 Å². The zero-order valence-corrected chi connectivity index (χ0v) is 16.4. The van der Waals surface area contributed by atoms with Crippen LogP contribution in [0.5, 0.6) is 0 Å². The summed E-state index contributed by atoms with van der Waals surface area (Å²) < 4.78 is 0. The van der Waals surface area contributed by atoms with E-state index in [-0.39, 0.29) is 11.5 Å². The van der Waals surface area contributed by atoms with Crippen molar-refractivity contribution in [3.8, 4) is 0 Å². The summed E-state index contributed by atoms with van der Waals surface area (Å²) in [5, 5.41) is 4.12. The van der Waals surface area contributed by atoms with Crippen LogP contribution in [0.3, 0.4) is 0 Å². The molecule has 2 aromatic heterocycles. The van der Waals surface area contributed by atoms with Crippen LogP contribution in [0.25, 0.3) is 10.2 Å². The van der Waals surface area contributed by atoms with Gasteiger partial charge in [0.15, 0.2) is 0 Å².